The second-order valence-corrected chi connectivity index (χ2v) is 6.85. The fourth-order valence-electron chi connectivity index (χ4n) is 2.82. The van der Waals surface area contributed by atoms with Gasteiger partial charge in [0.1, 0.15) is 6.23 Å². The van der Waals surface area contributed by atoms with Gasteiger partial charge in [-0.3, -0.25) is 5.32 Å². The fourth-order valence-corrected chi connectivity index (χ4v) is 2.82. The van der Waals surface area contributed by atoms with Gasteiger partial charge in [0.15, 0.2) is 0 Å². The molecule has 0 amide bonds. The minimum atomic E-state index is -4.92. The van der Waals surface area contributed by atoms with Crippen LogP contribution in [0.1, 0.15) is 35.6 Å². The molecule has 160 valence electrons. The lowest BCUT2D eigenvalue weighted by Crippen LogP contribution is -2.36. The smallest absolute Gasteiger partial charge is 0.385 e. The third kappa shape index (κ3) is 6.45. The number of nitrogens with one attached hydrogen (secondary N) is 1. The van der Waals surface area contributed by atoms with Crippen LogP contribution in [0, 0.1) is 0 Å². The first-order valence-corrected chi connectivity index (χ1v) is 8.68. The van der Waals surface area contributed by atoms with E-state index in [1.54, 1.807) is 37.3 Å². The van der Waals surface area contributed by atoms with E-state index in [1.807, 2.05) is 0 Å². The molecule has 9 heteroatoms. The third-order valence-electron chi connectivity index (χ3n) is 4.40. The lowest BCUT2D eigenvalue weighted by molar-refractivity contribution is -0.143. The molecule has 0 saturated carbocycles. The second kappa shape index (κ2) is 8.73. The Morgan fingerprint density at radius 1 is 0.897 bits per heavy atom. The van der Waals surface area contributed by atoms with E-state index in [0.717, 1.165) is 0 Å². The molecule has 0 saturated heterocycles. The highest BCUT2D eigenvalue weighted by atomic mass is 19.4. The van der Waals surface area contributed by atoms with Gasteiger partial charge in [0.05, 0.1) is 23.3 Å². The second-order valence-electron chi connectivity index (χ2n) is 6.85. The minimum Gasteiger partial charge on any atom is -0.385 e. The van der Waals surface area contributed by atoms with E-state index in [-0.39, 0.29) is 18.1 Å². The topological polar surface area (TPSA) is 41.5 Å². The highest BCUT2D eigenvalue weighted by Gasteiger charge is 2.37. The Labute approximate surface area is 164 Å². The van der Waals surface area contributed by atoms with Crippen molar-refractivity contribution >= 4 is 0 Å². The van der Waals surface area contributed by atoms with Crippen molar-refractivity contribution in [2.45, 2.75) is 44.1 Å². The molecule has 0 aliphatic carbocycles. The summed E-state index contributed by atoms with van der Waals surface area (Å²) in [6.07, 6.45) is -10.6. The molecule has 2 N–H and O–H groups in total. The summed E-state index contributed by atoms with van der Waals surface area (Å²) in [5, 5.41) is 13.4. The first-order valence-electron chi connectivity index (χ1n) is 8.68. The Hall–Kier alpha value is -2.10. The largest absolute Gasteiger partial charge is 0.416 e. The summed E-state index contributed by atoms with van der Waals surface area (Å²) < 4.78 is 83.2. The Morgan fingerprint density at radius 3 is 1.86 bits per heavy atom. The predicted molar refractivity (Wildman–Crippen MR) is 94.7 cm³/mol. The number of aliphatic hydroxyl groups is 1. The summed E-state index contributed by atoms with van der Waals surface area (Å²) >= 11 is 0. The zero-order valence-corrected chi connectivity index (χ0v) is 15.7. The van der Waals surface area contributed by atoms with Crippen LogP contribution in [0.3, 0.4) is 0 Å². The van der Waals surface area contributed by atoms with Crippen molar-refractivity contribution in [2.75, 3.05) is 7.05 Å². The van der Waals surface area contributed by atoms with Crippen LogP contribution in [0.5, 0.6) is 0 Å². The first kappa shape index (κ1) is 23.2. The standard InChI is InChI=1S/C20H21F6NO2/c1-18(28,14-6-4-3-5-7-14)11-17(27-2)29-12-13-8-15(19(21,22)23)10-16(9-13)20(24,25)26/h3-10,17,27-28H,11-12H2,1-2H3. The average Bonchev–Trinajstić information content (AvgIpc) is 2.64. The van der Waals surface area contributed by atoms with E-state index < -0.39 is 41.9 Å². The Bertz CT molecular complexity index is 771. The summed E-state index contributed by atoms with van der Waals surface area (Å²) in [5.74, 6) is 0. The third-order valence-corrected chi connectivity index (χ3v) is 4.40. The number of benzene rings is 2. The molecule has 0 bridgehead atoms. The Balaban J connectivity index is 2.18. The fraction of sp³-hybridized carbons (Fsp3) is 0.400. The Kier molecular flexibility index (Phi) is 6.97. The molecule has 3 nitrogen and oxygen atoms in total. The van der Waals surface area contributed by atoms with Crippen molar-refractivity contribution < 1.29 is 36.2 Å². The van der Waals surface area contributed by atoms with Gasteiger partial charge in [-0.15, -0.1) is 0 Å². The molecule has 2 rings (SSSR count). The lowest BCUT2D eigenvalue weighted by atomic mass is 9.92. The van der Waals surface area contributed by atoms with Crippen molar-refractivity contribution in [3.05, 3.63) is 70.8 Å². The van der Waals surface area contributed by atoms with Crippen LogP contribution >= 0.6 is 0 Å². The molecule has 2 atom stereocenters. The minimum absolute atomic E-state index is 0.0264. The van der Waals surface area contributed by atoms with Gasteiger partial charge in [0, 0.05) is 6.42 Å². The molecule has 0 aromatic heterocycles. The van der Waals surface area contributed by atoms with Crippen LogP contribution in [-0.2, 0) is 29.3 Å². The van der Waals surface area contributed by atoms with E-state index in [1.165, 1.54) is 7.05 Å². The molecule has 0 aliphatic rings. The van der Waals surface area contributed by atoms with Gasteiger partial charge in [0.25, 0.3) is 0 Å². The van der Waals surface area contributed by atoms with Crippen LogP contribution < -0.4 is 5.32 Å². The normalized spacial score (nSPS) is 15.8. The van der Waals surface area contributed by atoms with Crippen molar-refractivity contribution in [1.82, 2.24) is 5.32 Å². The van der Waals surface area contributed by atoms with E-state index in [4.69, 9.17) is 4.74 Å². The van der Waals surface area contributed by atoms with Gasteiger partial charge in [-0.05, 0) is 43.3 Å². The van der Waals surface area contributed by atoms with Gasteiger partial charge in [-0.1, -0.05) is 30.3 Å². The highest BCUT2D eigenvalue weighted by Crippen LogP contribution is 2.36. The van der Waals surface area contributed by atoms with Crippen molar-refractivity contribution in [3.63, 3.8) is 0 Å². The molecule has 0 radical (unpaired) electrons. The van der Waals surface area contributed by atoms with Gasteiger partial charge in [-0.2, -0.15) is 26.3 Å². The summed E-state index contributed by atoms with van der Waals surface area (Å²) in [6, 6.07) is 9.97. The number of hydrogen-bond donors (Lipinski definition) is 2. The molecule has 2 aromatic rings. The lowest BCUT2D eigenvalue weighted by Gasteiger charge is -2.29. The van der Waals surface area contributed by atoms with Gasteiger partial charge < -0.3 is 9.84 Å². The van der Waals surface area contributed by atoms with E-state index in [0.29, 0.717) is 17.7 Å². The van der Waals surface area contributed by atoms with Gasteiger partial charge in [-0.25, -0.2) is 0 Å². The van der Waals surface area contributed by atoms with Crippen LogP contribution in [-0.4, -0.2) is 18.4 Å². The summed E-state index contributed by atoms with van der Waals surface area (Å²) in [4.78, 5) is 0. The van der Waals surface area contributed by atoms with Crippen LogP contribution in [0.2, 0.25) is 0 Å². The molecule has 0 fully saturated rings. The Morgan fingerprint density at radius 2 is 1.41 bits per heavy atom. The molecule has 0 spiro atoms. The van der Waals surface area contributed by atoms with Gasteiger partial charge >= 0.3 is 12.4 Å². The predicted octanol–water partition coefficient (Wildman–Crippen LogP) is 5.08. The molecule has 0 aliphatic heterocycles. The maximum atomic E-state index is 13.0. The molecular weight excluding hydrogens is 400 g/mol. The van der Waals surface area contributed by atoms with Crippen LogP contribution in [0.4, 0.5) is 26.3 Å². The number of halogens is 6. The molecule has 29 heavy (non-hydrogen) atoms. The monoisotopic (exact) mass is 421 g/mol. The van der Waals surface area contributed by atoms with E-state index in [2.05, 4.69) is 5.32 Å². The quantitative estimate of drug-likeness (QED) is 0.484. The maximum Gasteiger partial charge on any atom is 0.416 e. The summed E-state index contributed by atoms with van der Waals surface area (Å²) in [5.41, 5.74) is -3.79. The van der Waals surface area contributed by atoms with Crippen molar-refractivity contribution in [1.29, 1.82) is 0 Å². The summed E-state index contributed by atoms with van der Waals surface area (Å²) in [7, 11) is 1.51. The number of alkyl halides is 6. The first-order chi connectivity index (χ1) is 13.3. The van der Waals surface area contributed by atoms with Gasteiger partial charge in [0.2, 0.25) is 0 Å². The van der Waals surface area contributed by atoms with E-state index in [9.17, 15) is 31.4 Å². The number of ether oxygens (including phenoxy) is 1. The highest BCUT2D eigenvalue weighted by molar-refractivity contribution is 5.33. The average molecular weight is 421 g/mol. The van der Waals surface area contributed by atoms with Crippen LogP contribution in [0.25, 0.3) is 0 Å². The maximum absolute atomic E-state index is 13.0. The number of hydrogen-bond acceptors (Lipinski definition) is 3. The van der Waals surface area contributed by atoms with Crippen molar-refractivity contribution in [3.8, 4) is 0 Å². The molecule has 2 unspecified atom stereocenters. The zero-order valence-electron chi connectivity index (χ0n) is 15.7. The SMILES string of the molecule is CNC(CC(C)(O)c1ccccc1)OCc1cc(C(F)(F)F)cc(C(F)(F)F)c1. The molecule has 2 aromatic carbocycles. The van der Waals surface area contributed by atoms with Crippen LogP contribution in [0.15, 0.2) is 48.5 Å². The summed E-state index contributed by atoms with van der Waals surface area (Å²) in [6.45, 7) is 1.05. The van der Waals surface area contributed by atoms with Crippen molar-refractivity contribution in [2.24, 2.45) is 0 Å². The molecule has 0 heterocycles. The molecular formula is C20H21F6NO2. The number of rotatable bonds is 7. The zero-order chi connectivity index (χ0) is 21.9. The van der Waals surface area contributed by atoms with E-state index >= 15 is 0 Å².